The Labute approximate surface area is 147 Å². The largest absolute Gasteiger partial charge is 0.480 e. The first-order valence-electron chi connectivity index (χ1n) is 7.01. The summed E-state index contributed by atoms with van der Waals surface area (Å²) >= 11 is 1.23. The van der Waals surface area contributed by atoms with Crippen LogP contribution < -0.4 is 4.72 Å². The average Bonchev–Trinajstić information content (AvgIpc) is 2.61. The van der Waals surface area contributed by atoms with Gasteiger partial charge in [-0.2, -0.15) is 0 Å². The first-order chi connectivity index (χ1) is 12.1. The van der Waals surface area contributed by atoms with Gasteiger partial charge in [0.25, 0.3) is 0 Å². The number of benzene rings is 2. The minimum atomic E-state index is -0.915. The third-order valence-electron chi connectivity index (χ3n) is 2.89. The van der Waals surface area contributed by atoms with Crippen LogP contribution in [-0.2, 0) is 4.79 Å². The van der Waals surface area contributed by atoms with E-state index in [1.165, 1.54) is 11.9 Å². The molecule has 25 heavy (non-hydrogen) atoms. The minimum Gasteiger partial charge on any atom is -0.480 e. The van der Waals surface area contributed by atoms with Crippen molar-refractivity contribution in [3.63, 3.8) is 0 Å². The van der Waals surface area contributed by atoms with Gasteiger partial charge in [-0.15, -0.1) is 0 Å². The van der Waals surface area contributed by atoms with Crippen molar-refractivity contribution >= 4 is 23.8 Å². The van der Waals surface area contributed by atoms with E-state index in [0.29, 0.717) is 5.56 Å². The first-order valence-corrected chi connectivity index (χ1v) is 7.83. The average molecular weight is 352 g/mol. The van der Waals surface area contributed by atoms with E-state index in [4.69, 9.17) is 10.6 Å². The quantitative estimate of drug-likeness (QED) is 0.282. The summed E-state index contributed by atoms with van der Waals surface area (Å²) in [4.78, 5) is 25.1. The maximum Gasteiger partial charge on any atom is 0.318 e. The van der Waals surface area contributed by atoms with E-state index in [9.17, 15) is 9.59 Å². The number of nitrogens with zero attached hydrogens (tertiary/aromatic N) is 3. The van der Waals surface area contributed by atoms with Gasteiger partial charge in [-0.25, -0.2) is 4.72 Å². The minimum absolute atomic E-state index is 0.121. The van der Waals surface area contributed by atoms with Gasteiger partial charge in [0.15, 0.2) is 0 Å². The zero-order valence-corrected chi connectivity index (χ0v) is 13.7. The molecule has 0 radical (unpaired) electrons. The van der Waals surface area contributed by atoms with Gasteiger partial charge >= 0.3 is 5.97 Å². The van der Waals surface area contributed by atoms with Gasteiger partial charge in [-0.05, 0) is 71.1 Å². The first kappa shape index (κ1) is 18.1. The molecule has 0 heterocycles. The van der Waals surface area contributed by atoms with Crippen molar-refractivity contribution in [2.45, 2.75) is 4.90 Å². The van der Waals surface area contributed by atoms with Crippen molar-refractivity contribution in [1.29, 1.82) is 0 Å². The van der Waals surface area contributed by atoms with Gasteiger partial charge in [0.1, 0.15) is 6.54 Å². The molecule has 2 rings (SSSR count). The van der Waals surface area contributed by atoms with E-state index in [2.05, 4.69) is 26.6 Å². The number of carbonyl (C=O) groups excluding carboxylic acids is 1. The summed E-state index contributed by atoms with van der Waals surface area (Å²) < 4.78 is 2.73. The highest BCUT2D eigenvalue weighted by Crippen LogP contribution is 2.14. The molecule has 7 nitrogen and oxygen atoms in total. The van der Waals surface area contributed by atoms with Gasteiger partial charge in [0.2, 0.25) is 5.91 Å². The number of carboxylic acid groups (broad SMARTS) is 1. The molecule has 0 bridgehead atoms. The monoisotopic (exact) mass is 352 g/mol. The van der Waals surface area contributed by atoms with Crippen LogP contribution in [0.1, 0.15) is 21.5 Å². The fourth-order valence-corrected chi connectivity index (χ4v) is 2.36. The summed E-state index contributed by atoms with van der Waals surface area (Å²) in [5.74, 6) is 4.42. The lowest BCUT2D eigenvalue weighted by Gasteiger charge is -2.01. The van der Waals surface area contributed by atoms with Gasteiger partial charge in [-0.1, -0.05) is 11.8 Å². The molecule has 8 heteroatoms. The Kier molecular flexibility index (Phi) is 6.63. The Morgan fingerprint density at radius 3 is 2.16 bits per heavy atom. The van der Waals surface area contributed by atoms with Gasteiger partial charge in [-0.3, -0.25) is 9.59 Å². The number of hydrogen-bond acceptors (Lipinski definition) is 4. The van der Waals surface area contributed by atoms with Crippen LogP contribution in [0.25, 0.3) is 10.4 Å². The van der Waals surface area contributed by atoms with Crippen molar-refractivity contribution in [3.8, 4) is 11.8 Å². The topological polar surface area (TPSA) is 115 Å². The summed E-state index contributed by atoms with van der Waals surface area (Å²) in [6, 6.07) is 13.8. The molecule has 0 unspecified atom stereocenters. The molecule has 0 fully saturated rings. The van der Waals surface area contributed by atoms with Crippen LogP contribution in [0.15, 0.2) is 58.5 Å². The fraction of sp³-hybridized carbons (Fsp3) is 0.0588. The number of carbonyl (C=O) groups is 2. The molecule has 124 valence electrons. The van der Waals surface area contributed by atoms with E-state index in [1.54, 1.807) is 24.3 Å². The fourth-order valence-electron chi connectivity index (χ4n) is 1.73. The Bertz CT molecular complexity index is 877. The van der Waals surface area contributed by atoms with Crippen LogP contribution >= 0.6 is 11.9 Å². The van der Waals surface area contributed by atoms with E-state index in [-0.39, 0.29) is 6.54 Å². The van der Waals surface area contributed by atoms with Gasteiger partial charge in [0.05, 0.1) is 0 Å². The second kappa shape index (κ2) is 9.15. The number of carboxylic acids is 1. The second-order valence-electron chi connectivity index (χ2n) is 4.66. The third-order valence-corrected chi connectivity index (χ3v) is 3.68. The zero-order valence-electron chi connectivity index (χ0n) is 12.8. The van der Waals surface area contributed by atoms with E-state index < -0.39 is 11.9 Å². The van der Waals surface area contributed by atoms with Crippen molar-refractivity contribution in [1.82, 2.24) is 4.72 Å². The number of azide groups is 1. The predicted molar refractivity (Wildman–Crippen MR) is 93.8 cm³/mol. The highest BCUT2D eigenvalue weighted by atomic mass is 32.2. The number of hydrogen-bond donors (Lipinski definition) is 2. The number of nitrogens with one attached hydrogen (secondary N) is 1. The van der Waals surface area contributed by atoms with Crippen molar-refractivity contribution in [2.75, 3.05) is 6.54 Å². The standard InChI is InChI=1S/C17H12N4O3S/c18-21-20-17(24)14-7-3-12(4-8-14)1-2-13-5-9-15(10-6-13)25-19-11-16(22)23/h3-10,19H,11H2,(H,22,23). The van der Waals surface area contributed by atoms with E-state index in [0.717, 1.165) is 16.0 Å². The smallest absolute Gasteiger partial charge is 0.318 e. The molecule has 0 aliphatic heterocycles. The van der Waals surface area contributed by atoms with Crippen molar-refractivity contribution in [3.05, 3.63) is 75.7 Å². The molecule has 0 atom stereocenters. The zero-order chi connectivity index (χ0) is 18.1. The summed E-state index contributed by atoms with van der Waals surface area (Å²) in [7, 11) is 0. The third kappa shape index (κ3) is 6.05. The molecule has 0 aromatic heterocycles. The van der Waals surface area contributed by atoms with Crippen LogP contribution in [0.5, 0.6) is 0 Å². The SMILES string of the molecule is [N-]=[N+]=NC(=O)c1ccc(C#Cc2ccc(SNCC(=O)O)cc2)cc1. The Morgan fingerprint density at radius 1 is 1.08 bits per heavy atom. The van der Waals surface area contributed by atoms with Crippen LogP contribution in [0.3, 0.4) is 0 Å². The summed E-state index contributed by atoms with van der Waals surface area (Å²) in [6.07, 6.45) is 0. The van der Waals surface area contributed by atoms with Crippen LogP contribution in [0, 0.1) is 11.8 Å². The Morgan fingerprint density at radius 2 is 1.64 bits per heavy atom. The highest BCUT2D eigenvalue weighted by molar-refractivity contribution is 7.97. The molecule has 2 aromatic carbocycles. The molecular formula is C17H12N4O3S. The normalized spacial score (nSPS) is 9.44. The van der Waals surface area contributed by atoms with Crippen LogP contribution in [0.4, 0.5) is 0 Å². The van der Waals surface area contributed by atoms with Crippen LogP contribution in [-0.4, -0.2) is 23.5 Å². The predicted octanol–water partition coefficient (Wildman–Crippen LogP) is 3.22. The molecule has 0 saturated heterocycles. The van der Waals surface area contributed by atoms with Crippen molar-refractivity contribution in [2.24, 2.45) is 5.11 Å². The molecule has 0 aliphatic carbocycles. The lowest BCUT2D eigenvalue weighted by molar-refractivity contribution is -0.135. The second-order valence-corrected chi connectivity index (χ2v) is 5.63. The molecule has 0 spiro atoms. The van der Waals surface area contributed by atoms with Crippen LogP contribution in [0.2, 0.25) is 0 Å². The summed E-state index contributed by atoms with van der Waals surface area (Å²) in [5.41, 5.74) is 10.1. The maximum atomic E-state index is 11.4. The molecule has 0 saturated carbocycles. The summed E-state index contributed by atoms with van der Waals surface area (Å²) in [6.45, 7) is -0.121. The van der Waals surface area contributed by atoms with E-state index >= 15 is 0 Å². The number of aliphatic carboxylic acids is 1. The molecule has 1 amide bonds. The Balaban J connectivity index is 1.99. The lowest BCUT2D eigenvalue weighted by Crippen LogP contribution is -2.15. The number of rotatable bonds is 5. The summed E-state index contributed by atoms with van der Waals surface area (Å²) in [5, 5.41) is 11.6. The van der Waals surface area contributed by atoms with Crippen molar-refractivity contribution < 1.29 is 14.7 Å². The lowest BCUT2D eigenvalue weighted by atomic mass is 10.1. The number of amides is 1. The highest BCUT2D eigenvalue weighted by Gasteiger charge is 2.01. The molecular weight excluding hydrogens is 340 g/mol. The van der Waals surface area contributed by atoms with E-state index in [1.807, 2.05) is 24.3 Å². The maximum absolute atomic E-state index is 11.4. The van der Waals surface area contributed by atoms with Gasteiger partial charge in [0, 0.05) is 26.5 Å². The Hall–Kier alpha value is -3.24. The van der Waals surface area contributed by atoms with Gasteiger partial charge < -0.3 is 5.11 Å². The molecule has 2 aromatic rings. The molecule has 2 N–H and O–H groups in total. The molecule has 0 aliphatic rings.